The molecule has 1 aliphatic rings. The number of rotatable bonds is 3. The molecule has 3 rings (SSSR count). The van der Waals surface area contributed by atoms with Gasteiger partial charge in [0.1, 0.15) is 0 Å². The summed E-state index contributed by atoms with van der Waals surface area (Å²) < 4.78 is 23.7. The second-order valence-corrected chi connectivity index (χ2v) is 10.1. The SMILES string of the molecule is CCNC(=NCc1ccc2ccccc2c1)N1CCS(=O)(=O)C(C)(C)C1. The molecule has 0 aliphatic carbocycles. The first kappa shape index (κ1) is 18.7. The molecule has 6 heteroatoms. The van der Waals surface area contributed by atoms with Crippen molar-refractivity contribution < 1.29 is 8.42 Å². The van der Waals surface area contributed by atoms with E-state index in [1.807, 2.05) is 19.1 Å². The van der Waals surface area contributed by atoms with Gasteiger partial charge in [-0.1, -0.05) is 36.4 Å². The van der Waals surface area contributed by atoms with Gasteiger partial charge in [0.15, 0.2) is 15.8 Å². The Balaban J connectivity index is 1.80. The first-order valence-corrected chi connectivity index (χ1v) is 10.7. The first-order chi connectivity index (χ1) is 12.3. The molecule has 0 spiro atoms. The summed E-state index contributed by atoms with van der Waals surface area (Å²) in [6, 6.07) is 14.6. The van der Waals surface area contributed by atoms with Crippen LogP contribution in [0.1, 0.15) is 26.3 Å². The molecule has 0 unspecified atom stereocenters. The van der Waals surface area contributed by atoms with Crippen molar-refractivity contribution in [2.24, 2.45) is 4.99 Å². The lowest BCUT2D eigenvalue weighted by molar-refractivity contribution is 0.353. The topological polar surface area (TPSA) is 61.8 Å². The smallest absolute Gasteiger partial charge is 0.194 e. The van der Waals surface area contributed by atoms with Crippen molar-refractivity contribution in [2.45, 2.75) is 32.1 Å². The van der Waals surface area contributed by atoms with Gasteiger partial charge in [-0.05, 0) is 43.2 Å². The molecule has 0 aromatic heterocycles. The summed E-state index contributed by atoms with van der Waals surface area (Å²) in [6.45, 7) is 7.87. The molecule has 1 fully saturated rings. The van der Waals surface area contributed by atoms with E-state index in [1.54, 1.807) is 13.8 Å². The Hall–Kier alpha value is -2.08. The van der Waals surface area contributed by atoms with Crippen LogP contribution in [0.5, 0.6) is 0 Å². The average molecular weight is 374 g/mol. The number of nitrogens with one attached hydrogen (secondary N) is 1. The van der Waals surface area contributed by atoms with Crippen LogP contribution < -0.4 is 5.32 Å². The van der Waals surface area contributed by atoms with Gasteiger partial charge in [0.05, 0.1) is 17.0 Å². The normalized spacial score (nSPS) is 19.5. The summed E-state index contributed by atoms with van der Waals surface area (Å²) in [5, 5.41) is 5.73. The molecule has 2 aromatic carbocycles. The Bertz CT molecular complexity index is 920. The van der Waals surface area contributed by atoms with Crippen LogP contribution in [-0.2, 0) is 16.4 Å². The molecule has 1 heterocycles. The van der Waals surface area contributed by atoms with Crippen molar-refractivity contribution in [2.75, 3.05) is 25.4 Å². The van der Waals surface area contributed by atoms with Crippen molar-refractivity contribution in [3.05, 3.63) is 48.0 Å². The quantitative estimate of drug-likeness (QED) is 0.664. The van der Waals surface area contributed by atoms with Gasteiger partial charge in [0, 0.05) is 19.6 Å². The number of fused-ring (bicyclic) bond motifs is 1. The maximum absolute atomic E-state index is 12.2. The third kappa shape index (κ3) is 3.85. The van der Waals surface area contributed by atoms with Gasteiger partial charge in [0.2, 0.25) is 0 Å². The lowest BCUT2D eigenvalue weighted by Crippen LogP contribution is -2.57. The fraction of sp³-hybridized carbons (Fsp3) is 0.450. The first-order valence-electron chi connectivity index (χ1n) is 9.06. The van der Waals surface area contributed by atoms with Crippen molar-refractivity contribution in [3.63, 3.8) is 0 Å². The largest absolute Gasteiger partial charge is 0.357 e. The van der Waals surface area contributed by atoms with Crippen LogP contribution in [0.2, 0.25) is 0 Å². The lowest BCUT2D eigenvalue weighted by atomic mass is 10.1. The summed E-state index contributed by atoms with van der Waals surface area (Å²) >= 11 is 0. The second kappa shape index (κ2) is 7.27. The minimum atomic E-state index is -3.06. The molecule has 140 valence electrons. The number of hydrogen-bond acceptors (Lipinski definition) is 3. The van der Waals surface area contributed by atoms with Crippen LogP contribution in [0.25, 0.3) is 10.8 Å². The number of sulfone groups is 1. The van der Waals surface area contributed by atoms with Gasteiger partial charge in [0.25, 0.3) is 0 Å². The van der Waals surface area contributed by atoms with E-state index in [2.05, 4.69) is 40.5 Å². The van der Waals surface area contributed by atoms with Crippen LogP contribution in [0.15, 0.2) is 47.5 Å². The van der Waals surface area contributed by atoms with Gasteiger partial charge < -0.3 is 10.2 Å². The Kier molecular flexibility index (Phi) is 5.23. The highest BCUT2D eigenvalue weighted by Crippen LogP contribution is 2.24. The summed E-state index contributed by atoms with van der Waals surface area (Å²) in [7, 11) is -3.06. The Morgan fingerprint density at radius 2 is 1.92 bits per heavy atom. The standard InChI is InChI=1S/C20H27N3O2S/c1-4-21-19(23-11-12-26(24,25)20(2,3)15-23)22-14-16-9-10-17-7-5-6-8-18(17)13-16/h5-10,13H,4,11-12,14-15H2,1-3H3,(H,21,22). The highest BCUT2D eigenvalue weighted by Gasteiger charge is 2.40. The van der Waals surface area contributed by atoms with Gasteiger partial charge in [-0.15, -0.1) is 0 Å². The Morgan fingerprint density at radius 1 is 1.19 bits per heavy atom. The molecule has 0 bridgehead atoms. The summed E-state index contributed by atoms with van der Waals surface area (Å²) in [5.74, 6) is 0.948. The maximum atomic E-state index is 12.2. The molecule has 1 N–H and O–H groups in total. The van der Waals surface area contributed by atoms with Gasteiger partial charge in [-0.2, -0.15) is 0 Å². The van der Waals surface area contributed by atoms with Crippen molar-refractivity contribution in [1.82, 2.24) is 10.2 Å². The molecule has 0 radical (unpaired) electrons. The summed E-state index contributed by atoms with van der Waals surface area (Å²) in [4.78, 5) is 6.83. The summed E-state index contributed by atoms with van der Waals surface area (Å²) in [6.07, 6.45) is 0. The van der Waals surface area contributed by atoms with E-state index in [0.29, 0.717) is 19.6 Å². The zero-order valence-electron chi connectivity index (χ0n) is 15.7. The fourth-order valence-electron chi connectivity index (χ4n) is 3.25. The van der Waals surface area contributed by atoms with Crippen molar-refractivity contribution >= 4 is 26.6 Å². The molecule has 1 saturated heterocycles. The predicted octanol–water partition coefficient (Wildman–Crippen LogP) is 2.81. The van der Waals surface area contributed by atoms with E-state index in [0.717, 1.165) is 18.1 Å². The maximum Gasteiger partial charge on any atom is 0.194 e. The fourth-order valence-corrected chi connectivity index (χ4v) is 4.62. The highest BCUT2D eigenvalue weighted by atomic mass is 32.2. The molecule has 0 saturated carbocycles. The van der Waals surface area contributed by atoms with Gasteiger partial charge >= 0.3 is 0 Å². The molecular weight excluding hydrogens is 346 g/mol. The van der Waals surface area contributed by atoms with E-state index in [4.69, 9.17) is 4.99 Å². The molecular formula is C20H27N3O2S. The molecule has 26 heavy (non-hydrogen) atoms. The Morgan fingerprint density at radius 3 is 2.62 bits per heavy atom. The highest BCUT2D eigenvalue weighted by molar-refractivity contribution is 7.92. The molecule has 5 nitrogen and oxygen atoms in total. The monoisotopic (exact) mass is 373 g/mol. The molecule has 0 amide bonds. The number of aliphatic imine (C=N–C) groups is 1. The predicted molar refractivity (Wildman–Crippen MR) is 108 cm³/mol. The minimum Gasteiger partial charge on any atom is -0.357 e. The number of nitrogens with zero attached hydrogens (tertiary/aromatic N) is 2. The Labute approximate surface area is 156 Å². The number of hydrogen-bond donors (Lipinski definition) is 1. The zero-order valence-corrected chi connectivity index (χ0v) is 16.5. The zero-order chi connectivity index (χ0) is 18.8. The second-order valence-electron chi connectivity index (χ2n) is 7.35. The van der Waals surface area contributed by atoms with Crippen LogP contribution >= 0.6 is 0 Å². The average Bonchev–Trinajstić information content (AvgIpc) is 2.61. The molecule has 1 aliphatic heterocycles. The van der Waals surface area contributed by atoms with E-state index >= 15 is 0 Å². The lowest BCUT2D eigenvalue weighted by Gasteiger charge is -2.39. The third-order valence-electron chi connectivity index (χ3n) is 4.90. The molecule has 2 aromatic rings. The third-order valence-corrected chi connectivity index (χ3v) is 7.44. The number of guanidine groups is 1. The van der Waals surface area contributed by atoms with Gasteiger partial charge in [-0.25, -0.2) is 13.4 Å². The van der Waals surface area contributed by atoms with E-state index < -0.39 is 14.6 Å². The van der Waals surface area contributed by atoms with Crippen LogP contribution in [0.3, 0.4) is 0 Å². The summed E-state index contributed by atoms with van der Waals surface area (Å²) in [5.41, 5.74) is 1.14. The van der Waals surface area contributed by atoms with Crippen molar-refractivity contribution in [1.29, 1.82) is 0 Å². The van der Waals surface area contributed by atoms with Gasteiger partial charge in [-0.3, -0.25) is 0 Å². The molecule has 0 atom stereocenters. The minimum absolute atomic E-state index is 0.167. The van der Waals surface area contributed by atoms with Crippen LogP contribution in [-0.4, -0.2) is 49.4 Å². The van der Waals surface area contributed by atoms with E-state index in [9.17, 15) is 8.42 Å². The van der Waals surface area contributed by atoms with Crippen molar-refractivity contribution in [3.8, 4) is 0 Å². The van der Waals surface area contributed by atoms with E-state index in [1.165, 1.54) is 10.8 Å². The number of benzene rings is 2. The van der Waals surface area contributed by atoms with E-state index in [-0.39, 0.29) is 5.75 Å². The van der Waals surface area contributed by atoms with Crippen LogP contribution in [0.4, 0.5) is 0 Å². The van der Waals surface area contributed by atoms with Crippen LogP contribution in [0, 0.1) is 0 Å².